The molecule has 0 fully saturated rings. The highest BCUT2D eigenvalue weighted by molar-refractivity contribution is 5.71. The first kappa shape index (κ1) is 42.4. The van der Waals surface area contributed by atoms with Gasteiger partial charge in [0.1, 0.15) is 13.2 Å². The van der Waals surface area contributed by atoms with E-state index in [1.807, 2.05) is 0 Å². The van der Waals surface area contributed by atoms with Crippen LogP contribution in [0.25, 0.3) is 0 Å². The van der Waals surface area contributed by atoms with Crippen LogP contribution in [0.1, 0.15) is 195 Å². The molecule has 1 atom stereocenters. The van der Waals surface area contributed by atoms with Gasteiger partial charge in [0.15, 0.2) is 6.10 Å². The number of ether oxygens (including phenoxy) is 3. The Hall–Kier alpha value is -1.59. The first-order valence-corrected chi connectivity index (χ1v) is 18.7. The van der Waals surface area contributed by atoms with Crippen molar-refractivity contribution in [3.05, 3.63) is 0 Å². The molecule has 6 heteroatoms. The van der Waals surface area contributed by atoms with Crippen LogP contribution in [0.2, 0.25) is 0 Å². The van der Waals surface area contributed by atoms with Gasteiger partial charge in [0, 0.05) is 19.3 Å². The van der Waals surface area contributed by atoms with E-state index in [9.17, 15) is 14.4 Å². The summed E-state index contributed by atoms with van der Waals surface area (Å²) in [6.07, 6.45) is 25.6. The number of hydrogen-bond donors (Lipinski definition) is 0. The highest BCUT2D eigenvalue weighted by Gasteiger charge is 2.19. The topological polar surface area (TPSA) is 78.9 Å². The monoisotopic (exact) mass is 625 g/mol. The standard InChI is InChI=1S/C38H72O6/c1-6-7-8-16-23-28-36(39)42-31-35(44-38(41)30-25-20-15-11-13-18-22-27-34(4)5)32-43-37(40)29-24-19-14-10-9-12-17-21-26-33(2)3/h33-35H,6-32H2,1-5H3/t35-/m0/s1. The second kappa shape index (κ2) is 31.4. The second-order valence-electron chi connectivity index (χ2n) is 13.8. The van der Waals surface area contributed by atoms with E-state index in [2.05, 4.69) is 34.6 Å². The maximum Gasteiger partial charge on any atom is 0.306 e. The van der Waals surface area contributed by atoms with Crippen molar-refractivity contribution in [3.8, 4) is 0 Å². The van der Waals surface area contributed by atoms with E-state index in [0.717, 1.165) is 76.0 Å². The third-order valence-electron chi connectivity index (χ3n) is 8.22. The third kappa shape index (κ3) is 31.8. The summed E-state index contributed by atoms with van der Waals surface area (Å²) in [6.45, 7) is 11.1. The molecule has 44 heavy (non-hydrogen) atoms. The van der Waals surface area contributed by atoms with Gasteiger partial charge >= 0.3 is 17.9 Å². The molecule has 0 rings (SSSR count). The molecule has 260 valence electrons. The van der Waals surface area contributed by atoms with E-state index >= 15 is 0 Å². The summed E-state index contributed by atoms with van der Waals surface area (Å²) in [7, 11) is 0. The Morgan fingerprint density at radius 1 is 0.432 bits per heavy atom. The van der Waals surface area contributed by atoms with E-state index in [-0.39, 0.29) is 31.1 Å². The van der Waals surface area contributed by atoms with E-state index in [1.165, 1.54) is 77.0 Å². The van der Waals surface area contributed by atoms with Crippen LogP contribution >= 0.6 is 0 Å². The van der Waals surface area contributed by atoms with Crippen molar-refractivity contribution in [1.29, 1.82) is 0 Å². The van der Waals surface area contributed by atoms with Gasteiger partial charge in [-0.1, -0.05) is 157 Å². The second-order valence-corrected chi connectivity index (χ2v) is 13.8. The quantitative estimate of drug-likeness (QED) is 0.0421. The molecule has 0 heterocycles. The minimum Gasteiger partial charge on any atom is -0.462 e. The molecule has 0 unspecified atom stereocenters. The van der Waals surface area contributed by atoms with Crippen molar-refractivity contribution in [2.75, 3.05) is 13.2 Å². The highest BCUT2D eigenvalue weighted by atomic mass is 16.6. The minimum absolute atomic E-state index is 0.0683. The molecule has 0 aromatic heterocycles. The van der Waals surface area contributed by atoms with Gasteiger partial charge in [-0.15, -0.1) is 0 Å². The summed E-state index contributed by atoms with van der Waals surface area (Å²) in [5, 5.41) is 0. The smallest absolute Gasteiger partial charge is 0.306 e. The van der Waals surface area contributed by atoms with Crippen LogP contribution in [-0.2, 0) is 28.6 Å². The fourth-order valence-electron chi connectivity index (χ4n) is 5.34. The number of unbranched alkanes of at least 4 members (excludes halogenated alkanes) is 17. The lowest BCUT2D eigenvalue weighted by Crippen LogP contribution is -2.30. The lowest BCUT2D eigenvalue weighted by atomic mass is 10.0. The first-order valence-electron chi connectivity index (χ1n) is 18.7. The predicted molar refractivity (Wildman–Crippen MR) is 183 cm³/mol. The Labute approximate surface area is 272 Å². The summed E-state index contributed by atoms with van der Waals surface area (Å²) in [4.78, 5) is 37.1. The zero-order chi connectivity index (χ0) is 32.7. The third-order valence-corrected chi connectivity index (χ3v) is 8.22. The van der Waals surface area contributed by atoms with Crippen molar-refractivity contribution in [1.82, 2.24) is 0 Å². The van der Waals surface area contributed by atoms with Crippen LogP contribution in [-0.4, -0.2) is 37.2 Å². The maximum atomic E-state index is 12.5. The Balaban J connectivity index is 4.30. The Morgan fingerprint density at radius 3 is 1.11 bits per heavy atom. The fraction of sp³-hybridized carbons (Fsp3) is 0.921. The molecular formula is C38H72O6. The summed E-state index contributed by atoms with van der Waals surface area (Å²) in [5.74, 6) is 0.688. The van der Waals surface area contributed by atoms with Crippen molar-refractivity contribution in [2.24, 2.45) is 11.8 Å². The number of rotatable bonds is 32. The molecule has 0 saturated heterocycles. The number of hydrogen-bond acceptors (Lipinski definition) is 6. The van der Waals surface area contributed by atoms with Crippen LogP contribution in [0.5, 0.6) is 0 Å². The van der Waals surface area contributed by atoms with Crippen molar-refractivity contribution in [3.63, 3.8) is 0 Å². The van der Waals surface area contributed by atoms with Gasteiger partial charge in [0.25, 0.3) is 0 Å². The van der Waals surface area contributed by atoms with Crippen LogP contribution < -0.4 is 0 Å². The predicted octanol–water partition coefficient (Wildman–Crippen LogP) is 11.1. The van der Waals surface area contributed by atoms with Crippen LogP contribution in [0.3, 0.4) is 0 Å². The van der Waals surface area contributed by atoms with Gasteiger partial charge in [0.2, 0.25) is 0 Å². The summed E-state index contributed by atoms with van der Waals surface area (Å²) in [5.41, 5.74) is 0. The van der Waals surface area contributed by atoms with Gasteiger partial charge in [-0.05, 0) is 31.1 Å². The SMILES string of the molecule is CCCCCCCC(=O)OC[C@@H](COC(=O)CCCCCCCCCCC(C)C)OC(=O)CCCCCCCCCC(C)C. The number of esters is 3. The molecule has 0 aromatic rings. The van der Waals surface area contributed by atoms with E-state index in [1.54, 1.807) is 0 Å². The molecule has 0 amide bonds. The fourth-order valence-corrected chi connectivity index (χ4v) is 5.34. The van der Waals surface area contributed by atoms with Crippen LogP contribution in [0.4, 0.5) is 0 Å². The van der Waals surface area contributed by atoms with Gasteiger partial charge in [-0.2, -0.15) is 0 Å². The summed E-state index contributed by atoms with van der Waals surface area (Å²) in [6, 6.07) is 0. The summed E-state index contributed by atoms with van der Waals surface area (Å²) < 4.78 is 16.5. The Kier molecular flexibility index (Phi) is 30.3. The van der Waals surface area contributed by atoms with Crippen molar-refractivity contribution in [2.45, 2.75) is 201 Å². The molecule has 0 aliphatic rings. The Morgan fingerprint density at radius 2 is 0.750 bits per heavy atom. The summed E-state index contributed by atoms with van der Waals surface area (Å²) >= 11 is 0. The molecule has 0 spiro atoms. The molecule has 0 radical (unpaired) electrons. The molecule has 0 bridgehead atoms. The first-order chi connectivity index (χ1) is 21.2. The molecule has 6 nitrogen and oxygen atoms in total. The molecule has 0 aliphatic carbocycles. The average molecular weight is 625 g/mol. The molecule has 0 saturated carbocycles. The molecule has 0 N–H and O–H groups in total. The lowest BCUT2D eigenvalue weighted by molar-refractivity contribution is -0.167. The van der Waals surface area contributed by atoms with Crippen molar-refractivity contribution < 1.29 is 28.6 Å². The van der Waals surface area contributed by atoms with E-state index in [4.69, 9.17) is 14.2 Å². The number of carbonyl (C=O) groups excluding carboxylic acids is 3. The average Bonchev–Trinajstić information content (AvgIpc) is 2.98. The molecular weight excluding hydrogens is 552 g/mol. The van der Waals surface area contributed by atoms with Crippen LogP contribution in [0.15, 0.2) is 0 Å². The zero-order valence-corrected chi connectivity index (χ0v) is 29.8. The molecule has 0 aromatic carbocycles. The minimum atomic E-state index is -0.757. The normalized spacial score (nSPS) is 12.1. The maximum absolute atomic E-state index is 12.5. The lowest BCUT2D eigenvalue weighted by Gasteiger charge is -2.18. The molecule has 0 aliphatic heterocycles. The van der Waals surface area contributed by atoms with Crippen molar-refractivity contribution >= 4 is 17.9 Å². The number of carbonyl (C=O) groups is 3. The van der Waals surface area contributed by atoms with E-state index in [0.29, 0.717) is 19.3 Å². The Bertz CT molecular complexity index is 674. The van der Waals surface area contributed by atoms with Gasteiger partial charge in [-0.25, -0.2) is 0 Å². The van der Waals surface area contributed by atoms with Crippen LogP contribution in [0, 0.1) is 11.8 Å². The van der Waals surface area contributed by atoms with Gasteiger partial charge in [-0.3, -0.25) is 14.4 Å². The highest BCUT2D eigenvalue weighted by Crippen LogP contribution is 2.15. The van der Waals surface area contributed by atoms with Gasteiger partial charge < -0.3 is 14.2 Å². The largest absolute Gasteiger partial charge is 0.462 e. The zero-order valence-electron chi connectivity index (χ0n) is 29.8. The van der Waals surface area contributed by atoms with E-state index < -0.39 is 6.10 Å². The van der Waals surface area contributed by atoms with Gasteiger partial charge in [0.05, 0.1) is 0 Å².